The molecule has 0 aliphatic heterocycles. The smallest absolute Gasteiger partial charge is 0.251 e. The molecular formula is C25H28N2O5S. The van der Waals surface area contributed by atoms with Crippen molar-refractivity contribution in [3.63, 3.8) is 0 Å². The minimum Gasteiger partial charge on any atom is -0.496 e. The second-order valence-electron chi connectivity index (χ2n) is 7.60. The van der Waals surface area contributed by atoms with Gasteiger partial charge in [0.05, 0.1) is 19.1 Å². The molecule has 7 nitrogen and oxygen atoms in total. The highest BCUT2D eigenvalue weighted by atomic mass is 32.2. The van der Waals surface area contributed by atoms with Crippen LogP contribution in [0.3, 0.4) is 0 Å². The molecule has 3 rings (SSSR count). The summed E-state index contributed by atoms with van der Waals surface area (Å²) in [7, 11) is 0.890. The molecule has 33 heavy (non-hydrogen) atoms. The van der Waals surface area contributed by atoms with Gasteiger partial charge in [0.2, 0.25) is 10.0 Å². The molecular weight excluding hydrogens is 440 g/mol. The van der Waals surface area contributed by atoms with Crippen molar-refractivity contribution >= 4 is 15.9 Å². The average molecular weight is 469 g/mol. The monoisotopic (exact) mass is 468 g/mol. The van der Waals surface area contributed by atoms with Crippen LogP contribution in [0.4, 0.5) is 0 Å². The van der Waals surface area contributed by atoms with E-state index in [1.807, 2.05) is 31.2 Å². The Morgan fingerprint density at radius 3 is 2.21 bits per heavy atom. The van der Waals surface area contributed by atoms with Gasteiger partial charge in [-0.1, -0.05) is 35.9 Å². The number of carbonyl (C=O) groups excluding carboxylic acids is 1. The van der Waals surface area contributed by atoms with Crippen molar-refractivity contribution < 1.29 is 22.7 Å². The summed E-state index contributed by atoms with van der Waals surface area (Å²) >= 11 is 0. The Balaban J connectivity index is 1.78. The molecule has 1 N–H and O–H groups in total. The first-order valence-electron chi connectivity index (χ1n) is 10.4. The van der Waals surface area contributed by atoms with Crippen molar-refractivity contribution in [2.75, 3.05) is 21.3 Å². The van der Waals surface area contributed by atoms with E-state index in [0.717, 1.165) is 11.1 Å². The number of methoxy groups -OCH3 is 2. The SMILES string of the molecule is COc1ccccc1CNC(=O)c1ccc(OC)c(CN(C)S(=O)(=O)c2ccc(C)cc2)c1. The molecule has 1 amide bonds. The normalized spacial score (nSPS) is 11.3. The summed E-state index contributed by atoms with van der Waals surface area (Å²) in [4.78, 5) is 13.0. The fraction of sp³-hybridized carbons (Fsp3) is 0.240. The molecule has 0 atom stereocenters. The molecule has 0 spiro atoms. The number of para-hydroxylation sites is 1. The fourth-order valence-electron chi connectivity index (χ4n) is 3.39. The summed E-state index contributed by atoms with van der Waals surface area (Å²) in [5.41, 5.74) is 2.82. The number of ether oxygens (including phenoxy) is 2. The number of rotatable bonds is 9. The third kappa shape index (κ3) is 5.71. The van der Waals surface area contributed by atoms with Gasteiger partial charge in [-0.15, -0.1) is 0 Å². The number of amides is 1. The van der Waals surface area contributed by atoms with Gasteiger partial charge in [-0.2, -0.15) is 4.31 Å². The van der Waals surface area contributed by atoms with Gasteiger partial charge >= 0.3 is 0 Å². The van der Waals surface area contributed by atoms with Gasteiger partial charge in [0.15, 0.2) is 0 Å². The third-order valence-corrected chi connectivity index (χ3v) is 7.11. The molecule has 3 aromatic carbocycles. The van der Waals surface area contributed by atoms with Crippen molar-refractivity contribution in [1.82, 2.24) is 9.62 Å². The van der Waals surface area contributed by atoms with Crippen molar-refractivity contribution in [2.45, 2.75) is 24.9 Å². The molecule has 0 saturated heterocycles. The van der Waals surface area contributed by atoms with E-state index >= 15 is 0 Å². The van der Waals surface area contributed by atoms with Gasteiger partial charge in [0.1, 0.15) is 11.5 Å². The summed E-state index contributed by atoms with van der Waals surface area (Å²) in [5, 5.41) is 2.88. The van der Waals surface area contributed by atoms with Gasteiger partial charge in [-0.05, 0) is 43.3 Å². The molecule has 0 bridgehead atoms. The molecule has 3 aromatic rings. The second kappa shape index (κ2) is 10.5. The lowest BCUT2D eigenvalue weighted by molar-refractivity contribution is 0.0950. The van der Waals surface area contributed by atoms with Crippen LogP contribution in [-0.4, -0.2) is 39.9 Å². The van der Waals surface area contributed by atoms with Gasteiger partial charge in [-0.25, -0.2) is 8.42 Å². The maximum Gasteiger partial charge on any atom is 0.251 e. The third-order valence-electron chi connectivity index (χ3n) is 5.30. The quantitative estimate of drug-likeness (QED) is 0.517. The van der Waals surface area contributed by atoms with E-state index in [1.54, 1.807) is 49.6 Å². The first kappa shape index (κ1) is 24.3. The molecule has 0 aromatic heterocycles. The Labute approximate surface area is 195 Å². The first-order valence-corrected chi connectivity index (χ1v) is 11.8. The summed E-state index contributed by atoms with van der Waals surface area (Å²) in [6.07, 6.45) is 0. The summed E-state index contributed by atoms with van der Waals surface area (Å²) < 4.78 is 37.9. The van der Waals surface area contributed by atoms with Crippen molar-refractivity contribution in [2.24, 2.45) is 0 Å². The molecule has 0 aliphatic carbocycles. The van der Waals surface area contributed by atoms with E-state index in [4.69, 9.17) is 9.47 Å². The lowest BCUT2D eigenvalue weighted by Crippen LogP contribution is -2.27. The van der Waals surface area contributed by atoms with Crippen LogP contribution in [-0.2, 0) is 23.1 Å². The predicted molar refractivity (Wildman–Crippen MR) is 127 cm³/mol. The topological polar surface area (TPSA) is 84.9 Å². The van der Waals surface area contributed by atoms with E-state index in [9.17, 15) is 13.2 Å². The molecule has 0 heterocycles. The Hall–Kier alpha value is -3.36. The van der Waals surface area contributed by atoms with Crippen LogP contribution in [0, 0.1) is 6.92 Å². The maximum absolute atomic E-state index is 13.0. The van der Waals surface area contributed by atoms with Crippen LogP contribution in [0.2, 0.25) is 0 Å². The van der Waals surface area contributed by atoms with E-state index in [-0.39, 0.29) is 17.3 Å². The van der Waals surface area contributed by atoms with E-state index in [1.165, 1.54) is 18.5 Å². The van der Waals surface area contributed by atoms with E-state index in [2.05, 4.69) is 5.32 Å². The van der Waals surface area contributed by atoms with Crippen LogP contribution in [0.1, 0.15) is 27.0 Å². The Kier molecular flexibility index (Phi) is 7.73. The number of nitrogens with one attached hydrogen (secondary N) is 1. The molecule has 0 fully saturated rings. The summed E-state index contributed by atoms with van der Waals surface area (Å²) in [6, 6.07) is 19.1. The second-order valence-corrected chi connectivity index (χ2v) is 9.64. The number of sulfonamides is 1. The zero-order valence-electron chi connectivity index (χ0n) is 19.2. The molecule has 0 radical (unpaired) electrons. The average Bonchev–Trinajstić information content (AvgIpc) is 2.82. The van der Waals surface area contributed by atoms with Gasteiger partial charge < -0.3 is 14.8 Å². The fourth-order valence-corrected chi connectivity index (χ4v) is 4.53. The molecule has 0 aliphatic rings. The number of aryl methyl sites for hydroxylation is 1. The number of benzene rings is 3. The Morgan fingerprint density at radius 2 is 1.55 bits per heavy atom. The van der Waals surface area contributed by atoms with Gasteiger partial charge in [0.25, 0.3) is 5.91 Å². The molecule has 8 heteroatoms. The Bertz CT molecular complexity index is 1220. The van der Waals surface area contributed by atoms with Crippen molar-refractivity contribution in [3.05, 3.63) is 89.0 Å². The number of nitrogens with zero attached hydrogens (tertiary/aromatic N) is 1. The number of carbonyl (C=O) groups is 1. The zero-order valence-corrected chi connectivity index (χ0v) is 20.0. The lowest BCUT2D eigenvalue weighted by atomic mass is 10.1. The maximum atomic E-state index is 13.0. The lowest BCUT2D eigenvalue weighted by Gasteiger charge is -2.19. The minimum absolute atomic E-state index is 0.0486. The molecule has 0 saturated carbocycles. The van der Waals surface area contributed by atoms with Crippen LogP contribution in [0.15, 0.2) is 71.6 Å². The van der Waals surface area contributed by atoms with E-state index in [0.29, 0.717) is 29.2 Å². The van der Waals surface area contributed by atoms with Crippen molar-refractivity contribution in [1.29, 1.82) is 0 Å². The predicted octanol–water partition coefficient (Wildman–Crippen LogP) is 3.76. The van der Waals surface area contributed by atoms with Gasteiger partial charge in [0, 0.05) is 36.8 Å². The highest BCUT2D eigenvalue weighted by molar-refractivity contribution is 7.89. The summed E-state index contributed by atoms with van der Waals surface area (Å²) in [6.45, 7) is 2.24. The van der Waals surface area contributed by atoms with Gasteiger partial charge in [-0.3, -0.25) is 4.79 Å². The highest BCUT2D eigenvalue weighted by Crippen LogP contribution is 2.25. The summed E-state index contributed by atoms with van der Waals surface area (Å²) in [5.74, 6) is 0.909. The van der Waals surface area contributed by atoms with E-state index < -0.39 is 10.0 Å². The van der Waals surface area contributed by atoms with Crippen LogP contribution >= 0.6 is 0 Å². The Morgan fingerprint density at radius 1 is 0.909 bits per heavy atom. The van der Waals surface area contributed by atoms with Crippen LogP contribution < -0.4 is 14.8 Å². The zero-order chi connectivity index (χ0) is 24.0. The number of hydrogen-bond acceptors (Lipinski definition) is 5. The van der Waals surface area contributed by atoms with Crippen molar-refractivity contribution in [3.8, 4) is 11.5 Å². The highest BCUT2D eigenvalue weighted by Gasteiger charge is 2.22. The minimum atomic E-state index is -3.70. The molecule has 174 valence electrons. The standard InChI is InChI=1S/C25H28N2O5S/c1-18-9-12-22(13-10-18)33(29,30)27(2)17-21-15-19(11-14-24(21)32-4)25(28)26-16-20-7-5-6-8-23(20)31-3/h5-15H,16-17H2,1-4H3,(H,26,28). The molecule has 0 unspecified atom stereocenters. The largest absolute Gasteiger partial charge is 0.496 e. The van der Waals surface area contributed by atoms with Crippen LogP contribution in [0.25, 0.3) is 0 Å². The van der Waals surface area contributed by atoms with Crippen LogP contribution in [0.5, 0.6) is 11.5 Å². The number of hydrogen-bond donors (Lipinski definition) is 1. The first-order chi connectivity index (χ1) is 15.8.